The van der Waals surface area contributed by atoms with Crippen molar-refractivity contribution in [3.8, 4) is 0 Å². The van der Waals surface area contributed by atoms with Crippen LogP contribution in [0.3, 0.4) is 0 Å². The van der Waals surface area contributed by atoms with Crippen LogP contribution < -0.4 is 5.32 Å². The summed E-state index contributed by atoms with van der Waals surface area (Å²) < 4.78 is 2.13. The number of nitrogens with one attached hydrogen (secondary N) is 1. The van der Waals surface area contributed by atoms with Gasteiger partial charge in [-0.25, -0.2) is 4.98 Å². The topological polar surface area (TPSA) is 33.1 Å². The van der Waals surface area contributed by atoms with E-state index in [-0.39, 0.29) is 0 Å². The Labute approximate surface area is 109 Å². The molecule has 0 radical (unpaired) electrons. The van der Waals surface area contributed by atoms with Crippen molar-refractivity contribution in [2.45, 2.75) is 13.3 Å². The first-order chi connectivity index (χ1) is 8.61. The van der Waals surface area contributed by atoms with Crippen LogP contribution in [0.4, 0.5) is 0 Å². The molecule has 1 aromatic carbocycles. The fourth-order valence-corrected chi connectivity index (χ4v) is 2.19. The van der Waals surface area contributed by atoms with Gasteiger partial charge in [0.2, 0.25) is 0 Å². The minimum atomic E-state index is 0.922. The van der Waals surface area contributed by atoms with Gasteiger partial charge in [0.05, 0.1) is 11.0 Å². The molecule has 0 aliphatic heterocycles. The van der Waals surface area contributed by atoms with Crippen molar-refractivity contribution in [3.63, 3.8) is 0 Å². The lowest BCUT2D eigenvalue weighted by molar-refractivity contribution is 0.321. The van der Waals surface area contributed by atoms with Gasteiger partial charge >= 0.3 is 0 Å². The normalized spacial score (nSPS) is 11.6. The Morgan fingerprint density at radius 3 is 2.89 bits per heavy atom. The van der Waals surface area contributed by atoms with Gasteiger partial charge in [0.25, 0.3) is 0 Å². The highest BCUT2D eigenvalue weighted by atomic mass is 15.2. The van der Waals surface area contributed by atoms with Crippen LogP contribution in [0.15, 0.2) is 18.2 Å². The Morgan fingerprint density at radius 1 is 1.39 bits per heavy atom. The van der Waals surface area contributed by atoms with E-state index >= 15 is 0 Å². The SMILES string of the molecule is CNCN(C)CCc1ccc2c(c1)nc(C)n2C. The average molecular weight is 246 g/mol. The van der Waals surface area contributed by atoms with E-state index in [0.717, 1.165) is 31.0 Å². The fourth-order valence-electron chi connectivity index (χ4n) is 2.19. The summed E-state index contributed by atoms with van der Waals surface area (Å²) in [4.78, 5) is 6.85. The van der Waals surface area contributed by atoms with Gasteiger partial charge in [-0.2, -0.15) is 0 Å². The molecule has 1 heterocycles. The van der Waals surface area contributed by atoms with Crippen molar-refractivity contribution in [1.29, 1.82) is 0 Å². The van der Waals surface area contributed by atoms with Crippen LogP contribution in [0.25, 0.3) is 11.0 Å². The highest BCUT2D eigenvalue weighted by Crippen LogP contribution is 2.16. The molecule has 4 heteroatoms. The van der Waals surface area contributed by atoms with Crippen molar-refractivity contribution in [1.82, 2.24) is 19.8 Å². The van der Waals surface area contributed by atoms with Gasteiger partial charge in [-0.1, -0.05) is 6.07 Å². The average Bonchev–Trinajstić information content (AvgIpc) is 2.63. The maximum absolute atomic E-state index is 4.57. The molecule has 1 N–H and O–H groups in total. The third-order valence-electron chi connectivity index (χ3n) is 3.38. The maximum atomic E-state index is 4.57. The van der Waals surface area contributed by atoms with Crippen LogP contribution in [-0.2, 0) is 13.5 Å². The van der Waals surface area contributed by atoms with Crippen LogP contribution in [0.5, 0.6) is 0 Å². The second kappa shape index (κ2) is 5.50. The highest BCUT2D eigenvalue weighted by Gasteiger charge is 2.05. The first-order valence-electron chi connectivity index (χ1n) is 6.37. The van der Waals surface area contributed by atoms with E-state index in [2.05, 4.69) is 52.1 Å². The second-order valence-electron chi connectivity index (χ2n) is 4.88. The highest BCUT2D eigenvalue weighted by molar-refractivity contribution is 5.76. The first-order valence-corrected chi connectivity index (χ1v) is 6.37. The van der Waals surface area contributed by atoms with Crippen LogP contribution in [0.2, 0.25) is 0 Å². The molecule has 0 aliphatic carbocycles. The Morgan fingerprint density at radius 2 is 2.17 bits per heavy atom. The van der Waals surface area contributed by atoms with E-state index in [1.54, 1.807) is 0 Å². The molecule has 1 aromatic heterocycles. The number of likely N-dealkylation sites (N-methyl/N-ethyl adjacent to an activating group) is 1. The molecule has 0 saturated heterocycles. The van der Waals surface area contributed by atoms with Crippen LogP contribution in [0.1, 0.15) is 11.4 Å². The van der Waals surface area contributed by atoms with E-state index in [1.807, 2.05) is 14.0 Å². The Hall–Kier alpha value is -1.39. The van der Waals surface area contributed by atoms with E-state index in [1.165, 1.54) is 11.1 Å². The quantitative estimate of drug-likeness (QED) is 0.812. The zero-order valence-electron chi connectivity index (χ0n) is 11.7. The van der Waals surface area contributed by atoms with Gasteiger partial charge in [-0.3, -0.25) is 4.90 Å². The molecular formula is C14H22N4. The fraction of sp³-hybridized carbons (Fsp3) is 0.500. The summed E-state index contributed by atoms with van der Waals surface area (Å²) in [7, 11) is 6.16. The molecule has 2 aromatic rings. The number of hydrogen-bond donors (Lipinski definition) is 1. The molecule has 0 bridgehead atoms. The largest absolute Gasteiger partial charge is 0.331 e. The van der Waals surface area contributed by atoms with Crippen molar-refractivity contribution in [2.24, 2.45) is 7.05 Å². The summed E-state index contributed by atoms with van der Waals surface area (Å²) >= 11 is 0. The third-order valence-corrected chi connectivity index (χ3v) is 3.38. The summed E-state index contributed by atoms with van der Waals surface area (Å²) in [6.07, 6.45) is 1.06. The van der Waals surface area contributed by atoms with Crippen molar-refractivity contribution >= 4 is 11.0 Å². The number of fused-ring (bicyclic) bond motifs is 1. The molecule has 0 atom stereocenters. The predicted molar refractivity (Wildman–Crippen MR) is 75.7 cm³/mol. The van der Waals surface area contributed by atoms with E-state index in [4.69, 9.17) is 0 Å². The number of aryl methyl sites for hydroxylation is 2. The van der Waals surface area contributed by atoms with Crippen LogP contribution in [0, 0.1) is 6.92 Å². The number of aromatic nitrogens is 2. The second-order valence-corrected chi connectivity index (χ2v) is 4.88. The van der Waals surface area contributed by atoms with Gasteiger partial charge in [0.1, 0.15) is 5.82 Å². The van der Waals surface area contributed by atoms with Crippen molar-refractivity contribution < 1.29 is 0 Å². The minimum absolute atomic E-state index is 0.922. The third kappa shape index (κ3) is 2.71. The molecule has 0 fully saturated rings. The summed E-state index contributed by atoms with van der Waals surface area (Å²) in [6.45, 7) is 4.02. The number of rotatable bonds is 5. The molecule has 4 nitrogen and oxygen atoms in total. The lowest BCUT2D eigenvalue weighted by atomic mass is 10.1. The monoisotopic (exact) mass is 246 g/mol. The van der Waals surface area contributed by atoms with Crippen LogP contribution in [-0.4, -0.2) is 41.8 Å². The zero-order chi connectivity index (χ0) is 13.1. The minimum Gasteiger partial charge on any atom is -0.331 e. The van der Waals surface area contributed by atoms with Gasteiger partial charge in [-0.15, -0.1) is 0 Å². The molecule has 2 rings (SSSR count). The lowest BCUT2D eigenvalue weighted by Gasteiger charge is -2.15. The summed E-state index contributed by atoms with van der Waals surface area (Å²) in [5.41, 5.74) is 3.66. The van der Waals surface area contributed by atoms with Gasteiger partial charge in [0.15, 0.2) is 0 Å². The molecule has 0 saturated carbocycles. The summed E-state index contributed by atoms with van der Waals surface area (Å²) in [6, 6.07) is 6.58. The van der Waals surface area contributed by atoms with Gasteiger partial charge < -0.3 is 9.88 Å². The molecule has 18 heavy (non-hydrogen) atoms. The number of imidazole rings is 1. The standard InChI is InChI=1S/C14H22N4/c1-11-16-13-9-12(5-6-14(13)18(11)4)7-8-17(3)10-15-2/h5-6,9,15H,7-8,10H2,1-4H3. The molecule has 0 amide bonds. The predicted octanol–water partition coefficient (Wildman–Crippen LogP) is 1.53. The molecule has 0 spiro atoms. The molecule has 98 valence electrons. The van der Waals surface area contributed by atoms with Gasteiger partial charge in [-0.05, 0) is 45.1 Å². The van der Waals surface area contributed by atoms with Crippen LogP contribution >= 0.6 is 0 Å². The molecular weight excluding hydrogens is 224 g/mol. The Kier molecular flexibility index (Phi) is 3.99. The Balaban J connectivity index is 2.10. The number of benzene rings is 1. The van der Waals surface area contributed by atoms with Crippen molar-refractivity contribution in [2.75, 3.05) is 27.3 Å². The number of hydrogen-bond acceptors (Lipinski definition) is 3. The van der Waals surface area contributed by atoms with E-state index in [0.29, 0.717) is 0 Å². The first kappa shape index (κ1) is 13.1. The molecule has 0 unspecified atom stereocenters. The smallest absolute Gasteiger partial charge is 0.106 e. The number of nitrogens with zero attached hydrogens (tertiary/aromatic N) is 3. The van der Waals surface area contributed by atoms with Crippen molar-refractivity contribution in [3.05, 3.63) is 29.6 Å². The zero-order valence-corrected chi connectivity index (χ0v) is 11.7. The molecule has 0 aliphatic rings. The summed E-state index contributed by atoms with van der Waals surface area (Å²) in [5, 5.41) is 3.15. The van der Waals surface area contributed by atoms with E-state index < -0.39 is 0 Å². The van der Waals surface area contributed by atoms with Gasteiger partial charge in [0, 0.05) is 20.3 Å². The van der Waals surface area contributed by atoms with E-state index in [9.17, 15) is 0 Å². The lowest BCUT2D eigenvalue weighted by Crippen LogP contribution is -2.30. The summed E-state index contributed by atoms with van der Waals surface area (Å²) in [5.74, 6) is 1.06. The maximum Gasteiger partial charge on any atom is 0.106 e. The Bertz CT molecular complexity index is 530.